The third-order valence-corrected chi connectivity index (χ3v) is 6.02. The van der Waals surface area contributed by atoms with Crippen LogP contribution in [0.3, 0.4) is 0 Å². The Morgan fingerprint density at radius 2 is 1.94 bits per heavy atom. The van der Waals surface area contributed by atoms with Crippen LogP contribution >= 0.6 is 0 Å². The van der Waals surface area contributed by atoms with Crippen LogP contribution in [-0.4, -0.2) is 18.3 Å². The van der Waals surface area contributed by atoms with Crippen LogP contribution in [-0.2, 0) is 17.6 Å². The van der Waals surface area contributed by atoms with E-state index in [0.717, 1.165) is 58.4 Å². The highest BCUT2D eigenvalue weighted by molar-refractivity contribution is 6.05. The Bertz CT molecular complexity index is 1230. The van der Waals surface area contributed by atoms with E-state index in [1.807, 2.05) is 20.8 Å². The molecule has 1 aliphatic carbocycles. The predicted octanol–water partition coefficient (Wildman–Crippen LogP) is 6.26. The van der Waals surface area contributed by atoms with E-state index in [4.69, 9.17) is 9.15 Å². The zero-order valence-electron chi connectivity index (χ0n) is 19.1. The van der Waals surface area contributed by atoms with Crippen molar-refractivity contribution in [1.82, 2.24) is 0 Å². The summed E-state index contributed by atoms with van der Waals surface area (Å²) in [4.78, 5) is 24.4. The van der Waals surface area contributed by atoms with Crippen molar-refractivity contribution in [2.75, 3.05) is 11.9 Å². The molecule has 1 aromatic heterocycles. The monoisotopic (exact) mass is 431 g/mol. The zero-order valence-corrected chi connectivity index (χ0v) is 19.1. The maximum absolute atomic E-state index is 12.7. The van der Waals surface area contributed by atoms with Crippen LogP contribution in [0.25, 0.3) is 16.5 Å². The molecule has 0 spiro atoms. The number of benzene rings is 2. The van der Waals surface area contributed by atoms with Crippen molar-refractivity contribution in [2.24, 2.45) is 0 Å². The number of carbonyl (C=O) groups is 2. The maximum Gasteiger partial charge on any atom is 0.248 e. The Kier molecular flexibility index (Phi) is 6.17. The summed E-state index contributed by atoms with van der Waals surface area (Å²) in [6, 6.07) is 9.05. The molecule has 32 heavy (non-hydrogen) atoms. The van der Waals surface area contributed by atoms with Gasteiger partial charge in [0, 0.05) is 45.8 Å². The minimum atomic E-state index is -0.252. The van der Waals surface area contributed by atoms with Gasteiger partial charge in [0.2, 0.25) is 5.91 Å². The van der Waals surface area contributed by atoms with Crippen molar-refractivity contribution in [2.45, 2.75) is 53.4 Å². The summed E-state index contributed by atoms with van der Waals surface area (Å²) in [5.74, 6) is 1.55. The Hall–Kier alpha value is -3.34. The molecule has 0 radical (unpaired) electrons. The van der Waals surface area contributed by atoms with Crippen LogP contribution in [0.15, 0.2) is 40.8 Å². The first-order chi connectivity index (χ1) is 15.4. The molecule has 0 aliphatic heterocycles. The van der Waals surface area contributed by atoms with E-state index in [1.165, 1.54) is 18.9 Å². The average Bonchev–Trinajstić information content (AvgIpc) is 3.14. The molecule has 0 fully saturated rings. The number of Topliss-reactive ketones (excluding diaryl/α,β-unsaturated/α-hetero) is 1. The maximum atomic E-state index is 12.7. The fourth-order valence-electron chi connectivity index (χ4n) is 4.43. The van der Waals surface area contributed by atoms with Crippen molar-refractivity contribution < 1.29 is 18.7 Å². The van der Waals surface area contributed by atoms with Crippen LogP contribution < -0.4 is 10.1 Å². The number of aryl methyl sites for hydroxylation is 3. The SMILES string of the molecule is CCOc1c(/C(C)=C/C(=O)Nc2cccc(C(C)=O)c2)cc2c3c(oc2c1C)CCCC3. The molecule has 3 aromatic rings. The van der Waals surface area contributed by atoms with Crippen LogP contribution in [0.4, 0.5) is 5.69 Å². The summed E-state index contributed by atoms with van der Waals surface area (Å²) in [6.07, 6.45) is 5.89. The van der Waals surface area contributed by atoms with E-state index in [2.05, 4.69) is 11.4 Å². The summed E-state index contributed by atoms with van der Waals surface area (Å²) in [6.45, 7) is 7.92. The number of ether oxygens (including phenoxy) is 1. The number of hydrogen-bond acceptors (Lipinski definition) is 4. The lowest BCUT2D eigenvalue weighted by Gasteiger charge is -2.15. The number of carbonyl (C=O) groups excluding carboxylic acids is 2. The van der Waals surface area contributed by atoms with Crippen LogP contribution in [0, 0.1) is 6.92 Å². The standard InChI is InChI=1S/C27H29NO4/c1-5-31-26-17(3)27-23(21-11-6-7-12-24(21)32-27)15-22(26)16(2)13-25(30)28-20-10-8-9-19(14-20)18(4)29/h8-10,13-15H,5-7,11-12H2,1-4H3,(H,28,30)/b16-13+. The number of nitrogens with one attached hydrogen (secondary N) is 1. The number of allylic oxidation sites excluding steroid dienone is 1. The van der Waals surface area contributed by atoms with E-state index in [9.17, 15) is 9.59 Å². The molecule has 5 nitrogen and oxygen atoms in total. The van der Waals surface area contributed by atoms with Crippen molar-refractivity contribution in [3.8, 4) is 5.75 Å². The summed E-state index contributed by atoms with van der Waals surface area (Å²) < 4.78 is 12.2. The minimum absolute atomic E-state index is 0.0404. The molecule has 0 atom stereocenters. The molecule has 1 heterocycles. The second kappa shape index (κ2) is 9.03. The smallest absolute Gasteiger partial charge is 0.248 e. The fraction of sp³-hybridized carbons (Fsp3) is 0.333. The van der Waals surface area contributed by atoms with Crippen molar-refractivity contribution in [3.63, 3.8) is 0 Å². The van der Waals surface area contributed by atoms with E-state index >= 15 is 0 Å². The number of anilines is 1. The van der Waals surface area contributed by atoms with E-state index in [0.29, 0.717) is 17.9 Å². The van der Waals surface area contributed by atoms with E-state index < -0.39 is 0 Å². The third kappa shape index (κ3) is 4.20. The van der Waals surface area contributed by atoms with Gasteiger partial charge in [-0.25, -0.2) is 0 Å². The van der Waals surface area contributed by atoms with Gasteiger partial charge in [0.1, 0.15) is 17.1 Å². The number of furan rings is 1. The van der Waals surface area contributed by atoms with Gasteiger partial charge in [-0.05, 0) is 70.7 Å². The Labute approximate surface area is 188 Å². The summed E-state index contributed by atoms with van der Waals surface area (Å²) in [7, 11) is 0. The van der Waals surface area contributed by atoms with Gasteiger partial charge in [-0.1, -0.05) is 12.1 Å². The van der Waals surface area contributed by atoms with Gasteiger partial charge < -0.3 is 14.5 Å². The minimum Gasteiger partial charge on any atom is -0.493 e. The fourth-order valence-corrected chi connectivity index (χ4v) is 4.43. The lowest BCUT2D eigenvalue weighted by atomic mass is 9.93. The lowest BCUT2D eigenvalue weighted by Crippen LogP contribution is -2.09. The topological polar surface area (TPSA) is 68.5 Å². The van der Waals surface area contributed by atoms with Gasteiger partial charge in [0.05, 0.1) is 6.61 Å². The van der Waals surface area contributed by atoms with E-state index in [-0.39, 0.29) is 11.7 Å². The van der Waals surface area contributed by atoms with Crippen molar-refractivity contribution in [1.29, 1.82) is 0 Å². The normalized spacial score (nSPS) is 13.7. The molecular formula is C27H29NO4. The highest BCUT2D eigenvalue weighted by Gasteiger charge is 2.23. The Balaban J connectivity index is 1.71. The largest absolute Gasteiger partial charge is 0.493 e. The number of rotatable bonds is 6. The van der Waals surface area contributed by atoms with Gasteiger partial charge in [0.15, 0.2) is 5.78 Å². The van der Waals surface area contributed by atoms with Crippen molar-refractivity contribution in [3.05, 3.63) is 64.4 Å². The summed E-state index contributed by atoms with van der Waals surface area (Å²) in [5, 5.41) is 3.98. The molecular weight excluding hydrogens is 402 g/mol. The third-order valence-electron chi connectivity index (χ3n) is 6.02. The Morgan fingerprint density at radius 1 is 1.16 bits per heavy atom. The number of amides is 1. The van der Waals surface area contributed by atoms with Crippen LogP contribution in [0.2, 0.25) is 0 Å². The van der Waals surface area contributed by atoms with Gasteiger partial charge in [-0.15, -0.1) is 0 Å². The van der Waals surface area contributed by atoms with Gasteiger partial charge in [0.25, 0.3) is 0 Å². The van der Waals surface area contributed by atoms with Gasteiger partial charge in [-0.3, -0.25) is 9.59 Å². The molecule has 0 unspecified atom stereocenters. The van der Waals surface area contributed by atoms with Gasteiger partial charge in [-0.2, -0.15) is 0 Å². The first-order valence-corrected chi connectivity index (χ1v) is 11.2. The zero-order chi connectivity index (χ0) is 22.8. The highest BCUT2D eigenvalue weighted by Crippen LogP contribution is 2.41. The summed E-state index contributed by atoms with van der Waals surface area (Å²) in [5.41, 5.74) is 6.01. The van der Waals surface area contributed by atoms with Crippen LogP contribution in [0.1, 0.15) is 66.4 Å². The molecule has 0 saturated carbocycles. The first-order valence-electron chi connectivity index (χ1n) is 11.2. The van der Waals surface area contributed by atoms with E-state index in [1.54, 1.807) is 30.3 Å². The predicted molar refractivity (Wildman–Crippen MR) is 127 cm³/mol. The van der Waals surface area contributed by atoms with Crippen molar-refractivity contribution >= 4 is 33.9 Å². The number of fused-ring (bicyclic) bond motifs is 3. The average molecular weight is 432 g/mol. The second-order valence-corrected chi connectivity index (χ2v) is 8.35. The number of hydrogen-bond donors (Lipinski definition) is 1. The molecule has 1 N–H and O–H groups in total. The molecule has 1 amide bonds. The first kappa shape index (κ1) is 21.9. The second-order valence-electron chi connectivity index (χ2n) is 8.35. The van der Waals surface area contributed by atoms with Gasteiger partial charge >= 0.3 is 0 Å². The number of ketones is 1. The molecule has 2 aromatic carbocycles. The molecule has 5 heteroatoms. The van der Waals surface area contributed by atoms with Crippen LogP contribution in [0.5, 0.6) is 5.75 Å². The molecule has 4 rings (SSSR count). The molecule has 0 saturated heterocycles. The molecule has 1 aliphatic rings. The quantitative estimate of drug-likeness (QED) is 0.369. The lowest BCUT2D eigenvalue weighted by molar-refractivity contribution is -0.111. The Morgan fingerprint density at radius 3 is 2.69 bits per heavy atom. The molecule has 166 valence electrons. The summed E-state index contributed by atoms with van der Waals surface area (Å²) >= 11 is 0. The molecule has 0 bridgehead atoms. The highest BCUT2D eigenvalue weighted by atomic mass is 16.5.